The van der Waals surface area contributed by atoms with Gasteiger partial charge in [-0.2, -0.15) is 11.8 Å². The van der Waals surface area contributed by atoms with Gasteiger partial charge < -0.3 is 5.32 Å². The van der Waals surface area contributed by atoms with Crippen LogP contribution < -0.4 is 5.32 Å². The van der Waals surface area contributed by atoms with Crippen LogP contribution in [0.25, 0.3) is 0 Å². The van der Waals surface area contributed by atoms with Crippen molar-refractivity contribution in [3.8, 4) is 0 Å². The Balaban J connectivity index is 2.11. The van der Waals surface area contributed by atoms with E-state index in [2.05, 4.69) is 49.5 Å². The first-order valence-electron chi connectivity index (χ1n) is 5.65. The van der Waals surface area contributed by atoms with Crippen LogP contribution in [0, 0.1) is 5.92 Å². The van der Waals surface area contributed by atoms with Crippen molar-refractivity contribution < 1.29 is 0 Å². The molecule has 1 N–H and O–H groups in total. The lowest BCUT2D eigenvalue weighted by atomic mass is 10.2. The van der Waals surface area contributed by atoms with E-state index in [0.29, 0.717) is 0 Å². The molecule has 1 unspecified atom stereocenters. The van der Waals surface area contributed by atoms with E-state index in [1.807, 2.05) is 11.8 Å². The molecule has 1 aromatic rings. The second-order valence-electron chi connectivity index (χ2n) is 3.91. The number of benzene rings is 1. The molecule has 0 bridgehead atoms. The van der Waals surface area contributed by atoms with Crippen LogP contribution in [0.2, 0.25) is 0 Å². The van der Waals surface area contributed by atoms with Crippen LogP contribution in [0.5, 0.6) is 0 Å². The fourth-order valence-electron chi connectivity index (χ4n) is 1.40. The van der Waals surface area contributed by atoms with Crippen LogP contribution in [0.3, 0.4) is 0 Å². The molecule has 15 heavy (non-hydrogen) atoms. The number of rotatable bonds is 7. The van der Waals surface area contributed by atoms with Crippen molar-refractivity contribution >= 4 is 11.8 Å². The summed E-state index contributed by atoms with van der Waals surface area (Å²) in [5, 5.41) is 3.38. The van der Waals surface area contributed by atoms with Gasteiger partial charge in [-0.3, -0.25) is 0 Å². The SMILES string of the molecule is CCNCC(C)CSCc1ccccc1. The summed E-state index contributed by atoms with van der Waals surface area (Å²) in [7, 11) is 0. The van der Waals surface area contributed by atoms with Crippen molar-refractivity contribution in [2.45, 2.75) is 19.6 Å². The average molecular weight is 223 g/mol. The van der Waals surface area contributed by atoms with Gasteiger partial charge in [-0.25, -0.2) is 0 Å². The third kappa shape index (κ3) is 5.85. The molecule has 0 amide bonds. The molecule has 0 aromatic heterocycles. The first kappa shape index (κ1) is 12.6. The maximum absolute atomic E-state index is 3.38. The van der Waals surface area contributed by atoms with Crippen LogP contribution in [0.1, 0.15) is 19.4 Å². The maximum Gasteiger partial charge on any atom is 0.0184 e. The minimum atomic E-state index is 0.763. The van der Waals surface area contributed by atoms with Gasteiger partial charge in [0.2, 0.25) is 0 Å². The molecule has 0 aliphatic heterocycles. The quantitative estimate of drug-likeness (QED) is 0.762. The lowest BCUT2D eigenvalue weighted by molar-refractivity contribution is 0.574. The summed E-state index contributed by atoms with van der Waals surface area (Å²) in [6.07, 6.45) is 0. The van der Waals surface area contributed by atoms with E-state index in [4.69, 9.17) is 0 Å². The van der Waals surface area contributed by atoms with Crippen molar-refractivity contribution in [1.82, 2.24) is 5.32 Å². The van der Waals surface area contributed by atoms with Gasteiger partial charge in [-0.15, -0.1) is 0 Å². The predicted octanol–water partition coefficient (Wildman–Crippen LogP) is 3.17. The molecular formula is C13H21NS. The first-order valence-corrected chi connectivity index (χ1v) is 6.80. The molecule has 0 aliphatic carbocycles. The number of hydrogen-bond donors (Lipinski definition) is 1. The van der Waals surface area contributed by atoms with E-state index in [0.717, 1.165) is 24.8 Å². The van der Waals surface area contributed by atoms with Crippen LogP contribution in [0.15, 0.2) is 30.3 Å². The molecule has 84 valence electrons. The third-order valence-corrected chi connectivity index (χ3v) is 3.60. The molecule has 0 saturated carbocycles. The Bertz CT molecular complexity index is 248. The zero-order valence-corrected chi connectivity index (χ0v) is 10.5. The fraction of sp³-hybridized carbons (Fsp3) is 0.538. The summed E-state index contributed by atoms with van der Waals surface area (Å²) in [6, 6.07) is 10.7. The molecule has 0 spiro atoms. The van der Waals surface area contributed by atoms with E-state index >= 15 is 0 Å². The normalized spacial score (nSPS) is 12.7. The van der Waals surface area contributed by atoms with Gasteiger partial charge >= 0.3 is 0 Å². The van der Waals surface area contributed by atoms with Crippen LogP contribution >= 0.6 is 11.8 Å². The zero-order valence-electron chi connectivity index (χ0n) is 9.70. The largest absolute Gasteiger partial charge is 0.317 e. The molecule has 1 rings (SSSR count). The lowest BCUT2D eigenvalue weighted by Gasteiger charge is -2.11. The predicted molar refractivity (Wildman–Crippen MR) is 70.3 cm³/mol. The number of hydrogen-bond acceptors (Lipinski definition) is 2. The molecule has 1 atom stereocenters. The highest BCUT2D eigenvalue weighted by molar-refractivity contribution is 7.98. The summed E-state index contributed by atoms with van der Waals surface area (Å²) in [5.74, 6) is 3.14. The standard InChI is InChI=1S/C13H21NS/c1-3-14-9-12(2)10-15-11-13-7-5-4-6-8-13/h4-8,12,14H,3,9-11H2,1-2H3. The monoisotopic (exact) mass is 223 g/mol. The van der Waals surface area contributed by atoms with Crippen molar-refractivity contribution in [1.29, 1.82) is 0 Å². The summed E-state index contributed by atoms with van der Waals surface area (Å²) in [4.78, 5) is 0. The van der Waals surface area contributed by atoms with E-state index in [1.165, 1.54) is 11.3 Å². The Labute approximate surface area is 97.7 Å². The summed E-state index contributed by atoms with van der Waals surface area (Å²) in [6.45, 7) is 6.68. The van der Waals surface area contributed by atoms with Crippen molar-refractivity contribution in [3.63, 3.8) is 0 Å². The lowest BCUT2D eigenvalue weighted by Crippen LogP contribution is -2.21. The van der Waals surface area contributed by atoms with E-state index in [-0.39, 0.29) is 0 Å². The number of nitrogens with one attached hydrogen (secondary N) is 1. The number of thioether (sulfide) groups is 1. The fourth-order valence-corrected chi connectivity index (χ4v) is 2.47. The second-order valence-corrected chi connectivity index (χ2v) is 4.94. The Kier molecular flexibility index (Phi) is 6.53. The smallest absolute Gasteiger partial charge is 0.0184 e. The third-order valence-electron chi connectivity index (χ3n) is 2.26. The molecule has 0 radical (unpaired) electrons. The topological polar surface area (TPSA) is 12.0 Å². The highest BCUT2D eigenvalue weighted by Crippen LogP contribution is 2.14. The highest BCUT2D eigenvalue weighted by Gasteiger charge is 2.01. The molecule has 0 heterocycles. The summed E-state index contributed by atoms with van der Waals surface area (Å²) < 4.78 is 0. The molecule has 0 fully saturated rings. The first-order chi connectivity index (χ1) is 7.33. The van der Waals surface area contributed by atoms with Crippen molar-refractivity contribution in [2.75, 3.05) is 18.8 Å². The van der Waals surface area contributed by atoms with Crippen molar-refractivity contribution in [3.05, 3.63) is 35.9 Å². The van der Waals surface area contributed by atoms with Gasteiger partial charge in [0.25, 0.3) is 0 Å². The Morgan fingerprint density at radius 2 is 2.00 bits per heavy atom. The maximum atomic E-state index is 3.38. The van der Waals surface area contributed by atoms with E-state index < -0.39 is 0 Å². The highest BCUT2D eigenvalue weighted by atomic mass is 32.2. The van der Waals surface area contributed by atoms with Crippen LogP contribution in [0.4, 0.5) is 0 Å². The van der Waals surface area contributed by atoms with Gasteiger partial charge in [0.05, 0.1) is 0 Å². The Morgan fingerprint density at radius 1 is 1.27 bits per heavy atom. The van der Waals surface area contributed by atoms with Crippen molar-refractivity contribution in [2.24, 2.45) is 5.92 Å². The van der Waals surface area contributed by atoms with E-state index in [9.17, 15) is 0 Å². The van der Waals surface area contributed by atoms with E-state index in [1.54, 1.807) is 0 Å². The minimum absolute atomic E-state index is 0.763. The Hall–Kier alpha value is -0.470. The Morgan fingerprint density at radius 3 is 2.67 bits per heavy atom. The molecule has 2 heteroatoms. The summed E-state index contributed by atoms with van der Waals surface area (Å²) >= 11 is 2.02. The molecule has 1 aromatic carbocycles. The second kappa shape index (κ2) is 7.77. The van der Waals surface area contributed by atoms with Crippen LogP contribution in [-0.4, -0.2) is 18.8 Å². The summed E-state index contributed by atoms with van der Waals surface area (Å²) in [5.41, 5.74) is 1.43. The zero-order chi connectivity index (χ0) is 10.9. The van der Waals surface area contributed by atoms with Gasteiger partial charge in [-0.05, 0) is 30.3 Å². The molecular weight excluding hydrogens is 202 g/mol. The molecule has 0 aliphatic rings. The molecule has 1 nitrogen and oxygen atoms in total. The van der Waals surface area contributed by atoms with Gasteiger partial charge in [0, 0.05) is 5.75 Å². The average Bonchev–Trinajstić information content (AvgIpc) is 2.28. The molecule has 0 saturated heterocycles. The minimum Gasteiger partial charge on any atom is -0.317 e. The van der Waals surface area contributed by atoms with Gasteiger partial charge in [0.15, 0.2) is 0 Å². The van der Waals surface area contributed by atoms with Gasteiger partial charge in [-0.1, -0.05) is 44.2 Å². The van der Waals surface area contributed by atoms with Crippen LogP contribution in [-0.2, 0) is 5.75 Å². The van der Waals surface area contributed by atoms with Gasteiger partial charge in [0.1, 0.15) is 0 Å².